The number of halogens is 1. The lowest BCUT2D eigenvalue weighted by Crippen LogP contribution is -3.15. The van der Waals surface area contributed by atoms with E-state index in [1.165, 1.54) is 4.90 Å². The Morgan fingerprint density at radius 2 is 1.86 bits per heavy atom. The van der Waals surface area contributed by atoms with Gasteiger partial charge in [0.25, 0.3) is 11.8 Å². The molecule has 1 aliphatic rings. The molecular formula is C21H27ClN3O3+. The molecule has 1 heterocycles. The summed E-state index contributed by atoms with van der Waals surface area (Å²) in [5, 5.41) is 5.37. The monoisotopic (exact) mass is 404 g/mol. The summed E-state index contributed by atoms with van der Waals surface area (Å²) in [6.45, 7) is 6.04. The number of hydrogen-bond donors (Lipinski definition) is 2. The zero-order valence-corrected chi connectivity index (χ0v) is 16.9. The summed E-state index contributed by atoms with van der Waals surface area (Å²) in [7, 11) is 0. The van der Waals surface area contributed by atoms with Crippen LogP contribution in [0.1, 0.15) is 13.3 Å². The molecule has 0 atom stereocenters. The van der Waals surface area contributed by atoms with Gasteiger partial charge in [0.05, 0.1) is 26.2 Å². The van der Waals surface area contributed by atoms with Crippen LogP contribution < -0.4 is 15.0 Å². The van der Waals surface area contributed by atoms with Crippen molar-refractivity contribution < 1.29 is 19.2 Å². The number of quaternary nitrogens is 1. The van der Waals surface area contributed by atoms with E-state index in [0.717, 1.165) is 30.3 Å². The summed E-state index contributed by atoms with van der Waals surface area (Å²) in [6, 6.07) is 11.3. The number of fused-ring (bicyclic) bond motifs is 1. The molecular weight excluding hydrogens is 378 g/mol. The van der Waals surface area contributed by atoms with E-state index in [-0.39, 0.29) is 18.4 Å². The Hall–Kier alpha value is -2.31. The fourth-order valence-corrected chi connectivity index (χ4v) is 3.62. The SMILES string of the molecule is CCCNC(=O)C[NH+]1CCN(C(=O)COc2ccc(Cl)c3ccccc23)CC1. The lowest BCUT2D eigenvalue weighted by atomic mass is 10.1. The molecule has 0 aliphatic carbocycles. The first-order chi connectivity index (χ1) is 13.6. The number of carbonyl (C=O) groups excluding carboxylic acids is 2. The number of piperazine rings is 1. The number of amides is 2. The Labute approximate surface area is 170 Å². The number of nitrogens with zero attached hydrogens (tertiary/aromatic N) is 1. The van der Waals surface area contributed by atoms with Gasteiger partial charge in [-0.1, -0.05) is 42.8 Å². The van der Waals surface area contributed by atoms with Crippen LogP contribution in [0.25, 0.3) is 10.8 Å². The van der Waals surface area contributed by atoms with Crippen molar-refractivity contribution in [2.24, 2.45) is 0 Å². The summed E-state index contributed by atoms with van der Waals surface area (Å²) in [4.78, 5) is 27.4. The number of benzene rings is 2. The highest BCUT2D eigenvalue weighted by Crippen LogP contribution is 2.31. The van der Waals surface area contributed by atoms with Crippen molar-refractivity contribution in [2.45, 2.75) is 13.3 Å². The number of nitrogens with one attached hydrogen (secondary N) is 2. The number of hydrogen-bond acceptors (Lipinski definition) is 3. The van der Waals surface area contributed by atoms with Crippen LogP contribution in [-0.2, 0) is 9.59 Å². The van der Waals surface area contributed by atoms with E-state index in [1.807, 2.05) is 36.1 Å². The molecule has 2 aromatic rings. The number of ether oxygens (including phenoxy) is 1. The van der Waals surface area contributed by atoms with Gasteiger partial charge in [-0.25, -0.2) is 0 Å². The molecule has 0 radical (unpaired) electrons. The van der Waals surface area contributed by atoms with E-state index in [0.29, 0.717) is 37.0 Å². The molecule has 0 unspecified atom stereocenters. The van der Waals surface area contributed by atoms with Crippen molar-refractivity contribution in [3.8, 4) is 5.75 Å². The Balaban J connectivity index is 1.49. The highest BCUT2D eigenvalue weighted by molar-refractivity contribution is 6.35. The van der Waals surface area contributed by atoms with Gasteiger partial charge >= 0.3 is 0 Å². The highest BCUT2D eigenvalue weighted by Gasteiger charge is 2.25. The second kappa shape index (κ2) is 9.75. The van der Waals surface area contributed by atoms with Gasteiger partial charge in [-0.05, 0) is 18.6 Å². The normalized spacial score (nSPS) is 14.9. The topological polar surface area (TPSA) is 63.1 Å². The first-order valence-corrected chi connectivity index (χ1v) is 10.1. The van der Waals surface area contributed by atoms with Crippen LogP contribution in [0.2, 0.25) is 5.02 Å². The zero-order chi connectivity index (χ0) is 19.9. The Bertz CT molecular complexity index is 835. The minimum Gasteiger partial charge on any atom is -0.483 e. The Morgan fingerprint density at radius 3 is 2.57 bits per heavy atom. The second-order valence-corrected chi connectivity index (χ2v) is 7.44. The van der Waals surface area contributed by atoms with Crippen LogP contribution in [0.5, 0.6) is 5.75 Å². The standard InChI is InChI=1S/C21H26ClN3O3/c1-2-9-23-20(26)14-24-10-12-25(13-11-24)21(27)15-28-19-8-7-18(22)16-5-3-4-6-17(16)19/h3-8H,2,9-15H2,1H3,(H,23,26)/p+1. The molecule has 2 aromatic carbocycles. The first-order valence-electron chi connectivity index (χ1n) is 9.76. The number of carbonyl (C=O) groups is 2. The molecule has 2 amide bonds. The van der Waals surface area contributed by atoms with E-state index in [4.69, 9.17) is 16.3 Å². The lowest BCUT2D eigenvalue weighted by Gasteiger charge is -2.31. The van der Waals surface area contributed by atoms with Crippen molar-refractivity contribution >= 4 is 34.2 Å². The van der Waals surface area contributed by atoms with Gasteiger partial charge in [-0.2, -0.15) is 0 Å². The molecule has 0 aromatic heterocycles. The molecule has 0 bridgehead atoms. The maximum atomic E-state index is 12.5. The smallest absolute Gasteiger partial charge is 0.275 e. The van der Waals surface area contributed by atoms with E-state index in [2.05, 4.69) is 5.32 Å². The molecule has 0 saturated carbocycles. The van der Waals surface area contributed by atoms with Crippen LogP contribution in [0.3, 0.4) is 0 Å². The molecule has 0 spiro atoms. The predicted octanol–water partition coefficient (Wildman–Crippen LogP) is 1.13. The fourth-order valence-electron chi connectivity index (χ4n) is 3.39. The third-order valence-electron chi connectivity index (χ3n) is 4.99. The molecule has 6 nitrogen and oxygen atoms in total. The minimum atomic E-state index is -0.0338. The second-order valence-electron chi connectivity index (χ2n) is 7.04. The average Bonchev–Trinajstić information content (AvgIpc) is 2.72. The third kappa shape index (κ3) is 5.14. The van der Waals surface area contributed by atoms with Gasteiger partial charge in [-0.3, -0.25) is 9.59 Å². The third-order valence-corrected chi connectivity index (χ3v) is 5.32. The van der Waals surface area contributed by atoms with E-state index in [1.54, 1.807) is 12.1 Å². The Kier molecular flexibility index (Phi) is 7.12. The van der Waals surface area contributed by atoms with Crippen LogP contribution in [0.4, 0.5) is 0 Å². The molecule has 1 aliphatic heterocycles. The summed E-state index contributed by atoms with van der Waals surface area (Å²) in [5.74, 6) is 0.702. The molecule has 1 saturated heterocycles. The van der Waals surface area contributed by atoms with Gasteiger partial charge in [0.15, 0.2) is 13.2 Å². The maximum absolute atomic E-state index is 12.5. The molecule has 7 heteroatoms. The van der Waals surface area contributed by atoms with Gasteiger partial charge in [0, 0.05) is 22.3 Å². The fraction of sp³-hybridized carbons (Fsp3) is 0.429. The summed E-state index contributed by atoms with van der Waals surface area (Å²) in [5.41, 5.74) is 0. The number of rotatable bonds is 7. The van der Waals surface area contributed by atoms with Crippen LogP contribution in [0, 0.1) is 0 Å². The summed E-state index contributed by atoms with van der Waals surface area (Å²) < 4.78 is 5.80. The quantitative estimate of drug-likeness (QED) is 0.727. The lowest BCUT2D eigenvalue weighted by molar-refractivity contribution is -0.896. The van der Waals surface area contributed by atoms with Crippen molar-refractivity contribution in [3.63, 3.8) is 0 Å². The maximum Gasteiger partial charge on any atom is 0.275 e. The largest absolute Gasteiger partial charge is 0.483 e. The summed E-state index contributed by atoms with van der Waals surface area (Å²) >= 11 is 6.23. The van der Waals surface area contributed by atoms with Crippen molar-refractivity contribution in [1.82, 2.24) is 10.2 Å². The van der Waals surface area contributed by atoms with Gasteiger partial charge in [0.1, 0.15) is 5.75 Å². The Morgan fingerprint density at radius 1 is 1.14 bits per heavy atom. The van der Waals surface area contributed by atoms with Crippen LogP contribution >= 0.6 is 11.6 Å². The van der Waals surface area contributed by atoms with Crippen molar-refractivity contribution in [1.29, 1.82) is 0 Å². The molecule has 3 rings (SSSR count). The van der Waals surface area contributed by atoms with E-state index < -0.39 is 0 Å². The predicted molar refractivity (Wildman–Crippen MR) is 110 cm³/mol. The highest BCUT2D eigenvalue weighted by atomic mass is 35.5. The van der Waals surface area contributed by atoms with Crippen LogP contribution in [-0.4, -0.2) is 62.6 Å². The average molecular weight is 405 g/mol. The van der Waals surface area contributed by atoms with Gasteiger partial charge in [0.2, 0.25) is 0 Å². The van der Waals surface area contributed by atoms with Crippen molar-refractivity contribution in [3.05, 3.63) is 41.4 Å². The molecule has 1 fully saturated rings. The first kappa shape index (κ1) is 20.4. The van der Waals surface area contributed by atoms with E-state index in [9.17, 15) is 9.59 Å². The van der Waals surface area contributed by atoms with Gasteiger partial charge < -0.3 is 19.9 Å². The molecule has 150 valence electrons. The van der Waals surface area contributed by atoms with Gasteiger partial charge in [-0.15, -0.1) is 0 Å². The van der Waals surface area contributed by atoms with Crippen molar-refractivity contribution in [2.75, 3.05) is 45.9 Å². The van der Waals surface area contributed by atoms with Crippen LogP contribution in [0.15, 0.2) is 36.4 Å². The zero-order valence-electron chi connectivity index (χ0n) is 16.2. The molecule has 28 heavy (non-hydrogen) atoms. The summed E-state index contributed by atoms with van der Waals surface area (Å²) in [6.07, 6.45) is 0.937. The minimum absolute atomic E-state index is 0.00204. The molecule has 2 N–H and O–H groups in total. The van der Waals surface area contributed by atoms with E-state index >= 15 is 0 Å².